The normalized spacial score (nSPS) is 11.5. The number of carbonyl (C=O) groups excluding carboxylic acids is 2. The second-order valence-corrected chi connectivity index (χ2v) is 6.30. The van der Waals surface area contributed by atoms with Gasteiger partial charge in [-0.15, -0.1) is 0 Å². The number of carbonyl (C=O) groups is 2. The van der Waals surface area contributed by atoms with Gasteiger partial charge in [-0.05, 0) is 18.1 Å². The minimum absolute atomic E-state index is 0.0693. The number of hydrogen-bond donors (Lipinski definition) is 0. The zero-order chi connectivity index (χ0) is 19.8. The van der Waals surface area contributed by atoms with Gasteiger partial charge in [0.25, 0.3) is 5.91 Å². The molecule has 0 spiro atoms. The zero-order valence-electron chi connectivity index (χ0n) is 15.6. The van der Waals surface area contributed by atoms with E-state index in [4.69, 9.17) is 4.74 Å². The summed E-state index contributed by atoms with van der Waals surface area (Å²) in [5.74, 6) is -0.946. The number of benzene rings is 2. The summed E-state index contributed by atoms with van der Waals surface area (Å²) < 4.78 is 5.32. The Bertz CT molecular complexity index is 861. The summed E-state index contributed by atoms with van der Waals surface area (Å²) in [6, 6.07) is 19.4. The second-order valence-electron chi connectivity index (χ2n) is 6.30. The van der Waals surface area contributed by atoms with E-state index in [1.54, 1.807) is 11.8 Å². The fourth-order valence-electron chi connectivity index (χ4n) is 2.75. The highest BCUT2D eigenvalue weighted by atomic mass is 16.5. The van der Waals surface area contributed by atoms with E-state index in [1.165, 1.54) is 18.6 Å². The third-order valence-electron chi connectivity index (χ3n) is 4.15. The molecule has 6 nitrogen and oxygen atoms in total. The smallest absolute Gasteiger partial charge is 0.359 e. The van der Waals surface area contributed by atoms with Gasteiger partial charge >= 0.3 is 5.97 Å². The van der Waals surface area contributed by atoms with Crippen LogP contribution in [0.5, 0.6) is 0 Å². The van der Waals surface area contributed by atoms with Crippen LogP contribution in [0.15, 0.2) is 79.3 Å². The number of esters is 1. The quantitative estimate of drug-likeness (QED) is 0.593. The molecule has 1 atom stereocenters. The third-order valence-corrected chi connectivity index (χ3v) is 4.15. The van der Waals surface area contributed by atoms with Crippen LogP contribution in [0.4, 0.5) is 0 Å². The Balaban J connectivity index is 1.74. The summed E-state index contributed by atoms with van der Waals surface area (Å²) in [5.41, 5.74) is 2.07. The lowest BCUT2D eigenvalue weighted by molar-refractivity contribution is -0.141. The van der Waals surface area contributed by atoms with Crippen molar-refractivity contribution in [3.05, 3.63) is 96.1 Å². The lowest BCUT2D eigenvalue weighted by Gasteiger charge is -2.26. The van der Waals surface area contributed by atoms with E-state index in [-0.39, 0.29) is 11.6 Å². The number of ether oxygens (including phenoxy) is 1. The van der Waals surface area contributed by atoms with Crippen molar-refractivity contribution >= 4 is 11.9 Å². The van der Waals surface area contributed by atoms with Gasteiger partial charge in [0.15, 0.2) is 11.8 Å². The maximum Gasteiger partial charge on any atom is 0.359 e. The van der Waals surface area contributed by atoms with Gasteiger partial charge in [-0.3, -0.25) is 9.78 Å². The van der Waals surface area contributed by atoms with Crippen LogP contribution in [-0.2, 0) is 22.6 Å². The lowest BCUT2D eigenvalue weighted by atomic mass is 10.1. The highest BCUT2D eigenvalue weighted by molar-refractivity contribution is 5.90. The van der Waals surface area contributed by atoms with Gasteiger partial charge in [-0.1, -0.05) is 60.7 Å². The van der Waals surface area contributed by atoms with Gasteiger partial charge in [0, 0.05) is 25.5 Å². The monoisotopic (exact) mass is 375 g/mol. The first kappa shape index (κ1) is 19.2. The molecular weight excluding hydrogens is 354 g/mol. The van der Waals surface area contributed by atoms with Gasteiger partial charge in [-0.2, -0.15) is 0 Å². The highest BCUT2D eigenvalue weighted by Crippen LogP contribution is 2.13. The van der Waals surface area contributed by atoms with Crippen LogP contribution in [0.25, 0.3) is 0 Å². The van der Waals surface area contributed by atoms with Gasteiger partial charge in [0.1, 0.15) is 0 Å². The molecule has 0 saturated carbocycles. The number of aromatic nitrogens is 2. The molecule has 2 aromatic carbocycles. The van der Waals surface area contributed by atoms with Gasteiger partial charge < -0.3 is 9.64 Å². The maximum atomic E-state index is 13.0. The van der Waals surface area contributed by atoms with E-state index in [0.717, 1.165) is 11.1 Å². The standard InChI is InChI=1S/C22H21N3O3/c1-17(28-22(27)20-14-23-12-13-24-20)21(26)25(15-18-8-4-2-5-9-18)16-19-10-6-3-7-11-19/h2-14,17H,15-16H2,1H3/t17-/m0/s1. The first-order chi connectivity index (χ1) is 13.6. The molecule has 3 aromatic rings. The van der Waals surface area contributed by atoms with E-state index < -0.39 is 12.1 Å². The van der Waals surface area contributed by atoms with E-state index in [2.05, 4.69) is 9.97 Å². The van der Waals surface area contributed by atoms with E-state index in [9.17, 15) is 9.59 Å². The molecule has 0 saturated heterocycles. The van der Waals surface area contributed by atoms with Gasteiger partial charge in [0.2, 0.25) is 0 Å². The van der Waals surface area contributed by atoms with Crippen molar-refractivity contribution in [1.82, 2.24) is 14.9 Å². The minimum Gasteiger partial charge on any atom is -0.448 e. The Labute approximate surface area is 163 Å². The molecule has 0 aliphatic heterocycles. The van der Waals surface area contributed by atoms with E-state index in [0.29, 0.717) is 13.1 Å². The average Bonchev–Trinajstić information content (AvgIpc) is 2.75. The largest absolute Gasteiger partial charge is 0.448 e. The highest BCUT2D eigenvalue weighted by Gasteiger charge is 2.25. The van der Waals surface area contributed by atoms with Crippen molar-refractivity contribution in [3.8, 4) is 0 Å². The fraction of sp³-hybridized carbons (Fsp3) is 0.182. The predicted octanol–water partition coefficient (Wildman–Crippen LogP) is 3.25. The maximum absolute atomic E-state index is 13.0. The summed E-state index contributed by atoms with van der Waals surface area (Å²) >= 11 is 0. The van der Waals surface area contributed by atoms with Crippen molar-refractivity contribution in [2.45, 2.75) is 26.1 Å². The molecule has 1 aromatic heterocycles. The van der Waals surface area contributed by atoms with E-state index >= 15 is 0 Å². The SMILES string of the molecule is C[C@H](OC(=O)c1cnccn1)C(=O)N(Cc1ccccc1)Cc1ccccc1. The van der Waals surface area contributed by atoms with Gasteiger partial charge in [-0.25, -0.2) is 9.78 Å². The lowest BCUT2D eigenvalue weighted by Crippen LogP contribution is -2.39. The molecule has 0 bridgehead atoms. The van der Waals surface area contributed by atoms with Crippen LogP contribution in [0.2, 0.25) is 0 Å². The van der Waals surface area contributed by atoms with Crippen molar-refractivity contribution in [2.75, 3.05) is 0 Å². The van der Waals surface area contributed by atoms with Crippen molar-refractivity contribution in [2.24, 2.45) is 0 Å². The van der Waals surface area contributed by atoms with Crippen molar-refractivity contribution in [3.63, 3.8) is 0 Å². The first-order valence-corrected chi connectivity index (χ1v) is 8.97. The summed E-state index contributed by atoms with van der Waals surface area (Å²) in [6.07, 6.45) is 3.24. The molecule has 0 aliphatic carbocycles. The Kier molecular flexibility index (Phi) is 6.46. The van der Waals surface area contributed by atoms with Crippen molar-refractivity contribution in [1.29, 1.82) is 0 Å². The predicted molar refractivity (Wildman–Crippen MR) is 104 cm³/mol. The molecule has 0 N–H and O–H groups in total. The molecule has 1 amide bonds. The molecule has 28 heavy (non-hydrogen) atoms. The minimum atomic E-state index is -0.943. The molecule has 3 rings (SSSR count). The zero-order valence-corrected chi connectivity index (χ0v) is 15.6. The molecule has 0 unspecified atom stereocenters. The summed E-state index contributed by atoms with van der Waals surface area (Å²) in [4.78, 5) is 34.7. The second kappa shape index (κ2) is 9.41. The molecule has 1 heterocycles. The van der Waals surface area contributed by atoms with Crippen LogP contribution in [0.1, 0.15) is 28.5 Å². The van der Waals surface area contributed by atoms with Crippen LogP contribution in [0, 0.1) is 0 Å². The molecule has 0 radical (unpaired) electrons. The average molecular weight is 375 g/mol. The fourth-order valence-corrected chi connectivity index (χ4v) is 2.75. The topological polar surface area (TPSA) is 72.4 Å². The molecule has 6 heteroatoms. The number of amides is 1. The van der Waals surface area contributed by atoms with Crippen LogP contribution < -0.4 is 0 Å². The first-order valence-electron chi connectivity index (χ1n) is 8.97. The molecular formula is C22H21N3O3. The number of rotatable bonds is 7. The van der Waals surface area contributed by atoms with Crippen LogP contribution in [-0.4, -0.2) is 32.8 Å². The summed E-state index contributed by atoms with van der Waals surface area (Å²) in [6.45, 7) is 2.41. The Morgan fingerprint density at radius 2 is 1.50 bits per heavy atom. The number of hydrogen-bond acceptors (Lipinski definition) is 5. The Hall–Kier alpha value is -3.54. The van der Waals surface area contributed by atoms with Crippen LogP contribution >= 0.6 is 0 Å². The molecule has 0 aliphatic rings. The van der Waals surface area contributed by atoms with Crippen molar-refractivity contribution < 1.29 is 14.3 Å². The Morgan fingerprint density at radius 3 is 2.00 bits per heavy atom. The molecule has 142 valence electrons. The molecule has 0 fully saturated rings. The summed E-state index contributed by atoms with van der Waals surface area (Å²) in [7, 11) is 0. The third kappa shape index (κ3) is 5.23. The van der Waals surface area contributed by atoms with Crippen LogP contribution in [0.3, 0.4) is 0 Å². The Morgan fingerprint density at radius 1 is 0.929 bits per heavy atom. The number of nitrogens with zero attached hydrogens (tertiary/aromatic N) is 3. The van der Waals surface area contributed by atoms with Gasteiger partial charge in [0.05, 0.1) is 6.20 Å². The summed E-state index contributed by atoms with van der Waals surface area (Å²) in [5, 5.41) is 0. The van der Waals surface area contributed by atoms with E-state index in [1.807, 2.05) is 60.7 Å².